The van der Waals surface area contributed by atoms with Crippen LogP contribution in [0, 0.1) is 13.8 Å². The fourth-order valence-electron chi connectivity index (χ4n) is 1.97. The minimum absolute atomic E-state index is 0.147. The van der Waals surface area contributed by atoms with Crippen molar-refractivity contribution in [2.24, 2.45) is 0 Å². The fraction of sp³-hybridized carbons (Fsp3) is 0.231. The Hall–Kier alpha value is -1.90. The highest BCUT2D eigenvalue weighted by Gasteiger charge is 2.09. The Morgan fingerprint density at radius 3 is 2.75 bits per heavy atom. The van der Waals surface area contributed by atoms with Gasteiger partial charge < -0.3 is 5.32 Å². The van der Waals surface area contributed by atoms with E-state index in [2.05, 4.69) is 23.3 Å². The lowest BCUT2D eigenvalue weighted by atomic mass is 10.0. The average molecular weight is 214 g/mol. The van der Waals surface area contributed by atoms with Crippen LogP contribution in [0.25, 0.3) is 10.8 Å². The van der Waals surface area contributed by atoms with Gasteiger partial charge >= 0.3 is 0 Å². The largest absolute Gasteiger partial charge is 0.354 e. The highest BCUT2D eigenvalue weighted by Crippen LogP contribution is 2.21. The van der Waals surface area contributed by atoms with Crippen molar-refractivity contribution in [1.29, 1.82) is 0 Å². The van der Waals surface area contributed by atoms with Crippen LogP contribution in [0.1, 0.15) is 21.7 Å². The van der Waals surface area contributed by atoms with Crippen LogP contribution in [0.2, 0.25) is 0 Å². The first kappa shape index (κ1) is 10.6. The number of aromatic nitrogens is 1. The molecule has 0 aliphatic rings. The van der Waals surface area contributed by atoms with Gasteiger partial charge in [0.1, 0.15) is 5.69 Å². The molecule has 0 aliphatic carbocycles. The first-order chi connectivity index (χ1) is 7.63. The van der Waals surface area contributed by atoms with Gasteiger partial charge in [-0.05, 0) is 30.9 Å². The molecule has 0 saturated carbocycles. The van der Waals surface area contributed by atoms with Crippen molar-refractivity contribution in [1.82, 2.24) is 10.3 Å². The van der Waals surface area contributed by atoms with Crippen LogP contribution >= 0.6 is 0 Å². The SMILES string of the molecule is CNC(=O)c1cc2cccc(C)c2c(C)n1. The van der Waals surface area contributed by atoms with Gasteiger partial charge in [-0.25, -0.2) is 4.98 Å². The maximum Gasteiger partial charge on any atom is 0.269 e. The zero-order chi connectivity index (χ0) is 11.7. The lowest BCUT2D eigenvalue weighted by Gasteiger charge is -2.07. The van der Waals surface area contributed by atoms with Crippen LogP contribution in [0.5, 0.6) is 0 Å². The van der Waals surface area contributed by atoms with E-state index >= 15 is 0 Å². The van der Waals surface area contributed by atoms with E-state index in [9.17, 15) is 4.79 Å². The third-order valence-corrected chi connectivity index (χ3v) is 2.71. The predicted molar refractivity (Wildman–Crippen MR) is 64.6 cm³/mol. The van der Waals surface area contributed by atoms with E-state index in [0.717, 1.165) is 16.5 Å². The smallest absolute Gasteiger partial charge is 0.269 e. The first-order valence-corrected chi connectivity index (χ1v) is 5.22. The van der Waals surface area contributed by atoms with Gasteiger partial charge in [-0.1, -0.05) is 18.2 Å². The molecule has 0 bridgehead atoms. The lowest BCUT2D eigenvalue weighted by molar-refractivity contribution is 0.0958. The fourth-order valence-corrected chi connectivity index (χ4v) is 1.97. The summed E-state index contributed by atoms with van der Waals surface area (Å²) in [5.41, 5.74) is 2.55. The molecule has 3 nitrogen and oxygen atoms in total. The number of carbonyl (C=O) groups excluding carboxylic acids is 1. The van der Waals surface area contributed by atoms with E-state index in [0.29, 0.717) is 5.69 Å². The number of benzene rings is 1. The molecule has 82 valence electrons. The monoisotopic (exact) mass is 214 g/mol. The van der Waals surface area contributed by atoms with E-state index in [1.807, 2.05) is 25.1 Å². The molecule has 0 aliphatic heterocycles. The van der Waals surface area contributed by atoms with E-state index < -0.39 is 0 Å². The van der Waals surface area contributed by atoms with Crippen molar-refractivity contribution in [3.63, 3.8) is 0 Å². The zero-order valence-corrected chi connectivity index (χ0v) is 9.66. The molecule has 0 unspecified atom stereocenters. The maximum absolute atomic E-state index is 11.5. The number of fused-ring (bicyclic) bond motifs is 1. The molecule has 2 aromatic rings. The second kappa shape index (κ2) is 3.93. The van der Waals surface area contributed by atoms with Crippen molar-refractivity contribution in [3.8, 4) is 0 Å². The molecule has 0 saturated heterocycles. The molecule has 1 heterocycles. The van der Waals surface area contributed by atoms with Gasteiger partial charge in [0.15, 0.2) is 0 Å². The summed E-state index contributed by atoms with van der Waals surface area (Å²) in [5, 5.41) is 4.78. The predicted octanol–water partition coefficient (Wildman–Crippen LogP) is 2.21. The topological polar surface area (TPSA) is 42.0 Å². The van der Waals surface area contributed by atoms with Gasteiger partial charge in [-0.15, -0.1) is 0 Å². The van der Waals surface area contributed by atoms with Gasteiger partial charge in [0.05, 0.1) is 0 Å². The number of carbonyl (C=O) groups is 1. The molecule has 1 N–H and O–H groups in total. The molecule has 1 aromatic heterocycles. The molecule has 0 spiro atoms. The minimum Gasteiger partial charge on any atom is -0.354 e. The maximum atomic E-state index is 11.5. The third kappa shape index (κ3) is 1.65. The van der Waals surface area contributed by atoms with Crippen LogP contribution in [0.4, 0.5) is 0 Å². The van der Waals surface area contributed by atoms with Crippen LogP contribution in [-0.4, -0.2) is 17.9 Å². The summed E-state index contributed by atoms with van der Waals surface area (Å²) in [6.07, 6.45) is 0. The standard InChI is InChI=1S/C13H14N2O/c1-8-5-4-6-10-7-11(13(16)14-3)15-9(2)12(8)10/h4-7H,1-3H3,(H,14,16). The van der Waals surface area contributed by atoms with Crippen LogP contribution in [-0.2, 0) is 0 Å². The summed E-state index contributed by atoms with van der Waals surface area (Å²) >= 11 is 0. The Morgan fingerprint density at radius 2 is 2.06 bits per heavy atom. The molecule has 0 atom stereocenters. The van der Waals surface area contributed by atoms with Gasteiger partial charge in [0, 0.05) is 18.1 Å². The molecule has 16 heavy (non-hydrogen) atoms. The average Bonchev–Trinajstić information content (AvgIpc) is 2.27. The zero-order valence-electron chi connectivity index (χ0n) is 9.66. The van der Waals surface area contributed by atoms with Crippen LogP contribution in [0.3, 0.4) is 0 Å². The Labute approximate surface area is 94.5 Å². The van der Waals surface area contributed by atoms with E-state index in [4.69, 9.17) is 0 Å². The minimum atomic E-state index is -0.147. The Kier molecular flexibility index (Phi) is 2.60. The Morgan fingerprint density at radius 1 is 1.31 bits per heavy atom. The van der Waals surface area contributed by atoms with Gasteiger partial charge in [-0.3, -0.25) is 4.79 Å². The Balaban J connectivity index is 2.73. The summed E-state index contributed by atoms with van der Waals surface area (Å²) in [4.78, 5) is 15.8. The van der Waals surface area contributed by atoms with Crippen molar-refractivity contribution in [3.05, 3.63) is 41.2 Å². The molecule has 1 amide bonds. The normalized spacial score (nSPS) is 10.4. The van der Waals surface area contributed by atoms with E-state index in [-0.39, 0.29) is 5.91 Å². The quantitative estimate of drug-likeness (QED) is 0.790. The number of pyridine rings is 1. The number of amides is 1. The van der Waals surface area contributed by atoms with Gasteiger partial charge in [0.2, 0.25) is 0 Å². The van der Waals surface area contributed by atoms with Gasteiger partial charge in [0.25, 0.3) is 5.91 Å². The molecular formula is C13H14N2O. The van der Waals surface area contributed by atoms with Crippen LogP contribution < -0.4 is 5.32 Å². The lowest BCUT2D eigenvalue weighted by Crippen LogP contribution is -2.19. The van der Waals surface area contributed by atoms with Crippen molar-refractivity contribution in [2.45, 2.75) is 13.8 Å². The second-order valence-electron chi connectivity index (χ2n) is 3.85. The summed E-state index contributed by atoms with van der Waals surface area (Å²) in [6.45, 7) is 3.98. The third-order valence-electron chi connectivity index (χ3n) is 2.71. The summed E-state index contributed by atoms with van der Waals surface area (Å²) in [5.74, 6) is -0.147. The number of nitrogens with zero attached hydrogens (tertiary/aromatic N) is 1. The summed E-state index contributed by atoms with van der Waals surface area (Å²) in [6, 6.07) is 7.87. The molecular weight excluding hydrogens is 200 g/mol. The number of hydrogen-bond acceptors (Lipinski definition) is 2. The molecule has 0 radical (unpaired) electrons. The number of hydrogen-bond donors (Lipinski definition) is 1. The molecule has 2 rings (SSSR count). The summed E-state index contributed by atoms with van der Waals surface area (Å²) < 4.78 is 0. The molecule has 1 aromatic carbocycles. The molecule has 0 fully saturated rings. The highest BCUT2D eigenvalue weighted by atomic mass is 16.1. The first-order valence-electron chi connectivity index (χ1n) is 5.22. The van der Waals surface area contributed by atoms with Crippen molar-refractivity contribution in [2.75, 3.05) is 7.05 Å². The van der Waals surface area contributed by atoms with Gasteiger partial charge in [-0.2, -0.15) is 0 Å². The summed E-state index contributed by atoms with van der Waals surface area (Å²) in [7, 11) is 1.61. The second-order valence-corrected chi connectivity index (χ2v) is 3.85. The van der Waals surface area contributed by atoms with Crippen molar-refractivity contribution >= 4 is 16.7 Å². The number of aryl methyl sites for hydroxylation is 2. The van der Waals surface area contributed by atoms with Crippen molar-refractivity contribution < 1.29 is 4.79 Å². The number of rotatable bonds is 1. The van der Waals surface area contributed by atoms with E-state index in [1.165, 1.54) is 5.56 Å². The number of nitrogens with one attached hydrogen (secondary N) is 1. The Bertz CT molecular complexity index is 561. The molecule has 3 heteroatoms. The van der Waals surface area contributed by atoms with Crippen LogP contribution in [0.15, 0.2) is 24.3 Å². The highest BCUT2D eigenvalue weighted by molar-refractivity contribution is 5.97. The van der Waals surface area contributed by atoms with E-state index in [1.54, 1.807) is 7.05 Å².